The number of hydrogen-bond donors (Lipinski definition) is 1. The van der Waals surface area contributed by atoms with Crippen LogP contribution in [0.3, 0.4) is 0 Å². The Bertz CT molecular complexity index is 610. The third-order valence-electron chi connectivity index (χ3n) is 3.10. The van der Waals surface area contributed by atoms with E-state index in [1.54, 1.807) is 12.1 Å². The van der Waals surface area contributed by atoms with Crippen LogP contribution in [-0.4, -0.2) is 11.5 Å². The van der Waals surface area contributed by atoms with Gasteiger partial charge in [-0.3, -0.25) is 10.1 Å². The summed E-state index contributed by atoms with van der Waals surface area (Å²) in [5.41, 5.74) is 0.975. The fourth-order valence-corrected chi connectivity index (χ4v) is 1.93. The lowest BCUT2D eigenvalue weighted by molar-refractivity contribution is -0.384. The van der Waals surface area contributed by atoms with Crippen molar-refractivity contribution in [3.8, 4) is 0 Å². The standard InChI is InChI=1S/C15H14F2N2O2/c16-14-2-1-3-15(17)13(14)10-18-9-8-11-4-6-12(7-5-11)19(20)21/h1-7,18H,8-10H2. The van der Waals surface area contributed by atoms with Gasteiger partial charge < -0.3 is 5.32 Å². The molecule has 0 aromatic heterocycles. The van der Waals surface area contributed by atoms with E-state index in [-0.39, 0.29) is 17.8 Å². The summed E-state index contributed by atoms with van der Waals surface area (Å²) in [4.78, 5) is 10.1. The molecular formula is C15H14F2N2O2. The highest BCUT2D eigenvalue weighted by Crippen LogP contribution is 2.13. The van der Waals surface area contributed by atoms with Crippen LogP contribution in [0, 0.1) is 21.7 Å². The summed E-state index contributed by atoms with van der Waals surface area (Å²) in [6, 6.07) is 9.97. The third-order valence-corrected chi connectivity index (χ3v) is 3.10. The quantitative estimate of drug-likeness (QED) is 0.505. The van der Waals surface area contributed by atoms with Gasteiger partial charge in [-0.15, -0.1) is 0 Å². The van der Waals surface area contributed by atoms with E-state index in [1.165, 1.54) is 30.3 Å². The first-order chi connectivity index (χ1) is 10.1. The Morgan fingerprint density at radius 2 is 1.67 bits per heavy atom. The zero-order valence-electron chi connectivity index (χ0n) is 11.2. The zero-order valence-corrected chi connectivity index (χ0v) is 11.2. The second-order valence-electron chi connectivity index (χ2n) is 4.55. The molecule has 4 nitrogen and oxygen atoms in total. The molecule has 0 amide bonds. The maximum absolute atomic E-state index is 13.4. The van der Waals surface area contributed by atoms with Gasteiger partial charge in [-0.05, 0) is 30.7 Å². The van der Waals surface area contributed by atoms with Crippen molar-refractivity contribution in [2.75, 3.05) is 6.54 Å². The first-order valence-corrected chi connectivity index (χ1v) is 6.45. The van der Waals surface area contributed by atoms with E-state index >= 15 is 0 Å². The summed E-state index contributed by atoms with van der Waals surface area (Å²) in [7, 11) is 0. The highest BCUT2D eigenvalue weighted by Gasteiger charge is 2.07. The second kappa shape index (κ2) is 6.90. The summed E-state index contributed by atoms with van der Waals surface area (Å²) < 4.78 is 26.8. The van der Waals surface area contributed by atoms with Crippen molar-refractivity contribution in [3.63, 3.8) is 0 Å². The fraction of sp³-hybridized carbons (Fsp3) is 0.200. The van der Waals surface area contributed by atoms with Gasteiger partial charge in [0.05, 0.1) is 4.92 Å². The minimum atomic E-state index is -0.571. The monoisotopic (exact) mass is 292 g/mol. The molecule has 0 radical (unpaired) electrons. The molecule has 0 saturated heterocycles. The molecule has 0 saturated carbocycles. The lowest BCUT2D eigenvalue weighted by Gasteiger charge is -2.07. The Morgan fingerprint density at radius 3 is 2.24 bits per heavy atom. The first-order valence-electron chi connectivity index (χ1n) is 6.45. The van der Waals surface area contributed by atoms with Crippen molar-refractivity contribution in [2.24, 2.45) is 0 Å². The van der Waals surface area contributed by atoms with E-state index in [1.807, 2.05) is 0 Å². The van der Waals surface area contributed by atoms with Crippen molar-refractivity contribution >= 4 is 5.69 Å². The molecule has 0 spiro atoms. The molecule has 0 aliphatic carbocycles. The van der Waals surface area contributed by atoms with Gasteiger partial charge >= 0.3 is 0 Å². The Morgan fingerprint density at radius 1 is 1.05 bits per heavy atom. The number of hydrogen-bond acceptors (Lipinski definition) is 3. The predicted molar refractivity (Wildman–Crippen MR) is 74.9 cm³/mol. The molecule has 1 N–H and O–H groups in total. The van der Waals surface area contributed by atoms with Crippen LogP contribution >= 0.6 is 0 Å². The van der Waals surface area contributed by atoms with Crippen LogP contribution in [0.15, 0.2) is 42.5 Å². The van der Waals surface area contributed by atoms with Crippen LogP contribution in [0.2, 0.25) is 0 Å². The molecule has 0 fully saturated rings. The molecule has 0 aliphatic rings. The number of nitro groups is 1. The van der Waals surface area contributed by atoms with Gasteiger partial charge in [-0.2, -0.15) is 0 Å². The van der Waals surface area contributed by atoms with E-state index in [2.05, 4.69) is 5.32 Å². The summed E-state index contributed by atoms with van der Waals surface area (Å²) in [5, 5.41) is 13.5. The Hall–Kier alpha value is -2.34. The predicted octanol–water partition coefficient (Wildman–Crippen LogP) is 3.21. The Kier molecular flexibility index (Phi) is 4.94. The first kappa shape index (κ1) is 15.1. The SMILES string of the molecule is O=[N+]([O-])c1ccc(CCNCc2c(F)cccc2F)cc1. The van der Waals surface area contributed by atoms with Crippen molar-refractivity contribution in [2.45, 2.75) is 13.0 Å². The lowest BCUT2D eigenvalue weighted by Crippen LogP contribution is -2.18. The maximum Gasteiger partial charge on any atom is 0.269 e. The zero-order chi connectivity index (χ0) is 15.2. The molecule has 0 unspecified atom stereocenters. The van der Waals surface area contributed by atoms with Crippen molar-refractivity contribution in [1.29, 1.82) is 0 Å². The Labute approximate surface area is 120 Å². The number of nitrogens with zero attached hydrogens (tertiary/aromatic N) is 1. The topological polar surface area (TPSA) is 55.2 Å². The number of rotatable bonds is 6. The minimum Gasteiger partial charge on any atom is -0.312 e. The summed E-state index contributed by atoms with van der Waals surface area (Å²) in [5.74, 6) is -1.14. The van der Waals surface area contributed by atoms with Gasteiger partial charge in [0, 0.05) is 24.2 Å². The van der Waals surface area contributed by atoms with Gasteiger partial charge in [-0.1, -0.05) is 18.2 Å². The van der Waals surface area contributed by atoms with Gasteiger partial charge in [0.2, 0.25) is 0 Å². The van der Waals surface area contributed by atoms with Crippen molar-refractivity contribution in [3.05, 3.63) is 75.3 Å². The van der Waals surface area contributed by atoms with E-state index in [0.29, 0.717) is 13.0 Å². The van der Waals surface area contributed by atoms with Gasteiger partial charge in [0.25, 0.3) is 5.69 Å². The molecule has 2 aromatic rings. The number of benzene rings is 2. The Balaban J connectivity index is 1.83. The van der Waals surface area contributed by atoms with Crippen LogP contribution in [0.1, 0.15) is 11.1 Å². The molecule has 0 heterocycles. The number of halogens is 2. The van der Waals surface area contributed by atoms with Gasteiger partial charge in [0.1, 0.15) is 11.6 Å². The second-order valence-corrected chi connectivity index (χ2v) is 4.55. The average Bonchev–Trinajstić information content (AvgIpc) is 2.46. The van der Waals surface area contributed by atoms with E-state index in [4.69, 9.17) is 0 Å². The van der Waals surface area contributed by atoms with E-state index < -0.39 is 16.6 Å². The molecule has 6 heteroatoms. The third kappa shape index (κ3) is 4.06. The number of nitrogens with one attached hydrogen (secondary N) is 1. The number of nitro benzene ring substituents is 1. The van der Waals surface area contributed by atoms with Crippen LogP contribution < -0.4 is 5.32 Å². The molecule has 110 valence electrons. The molecule has 0 atom stereocenters. The molecule has 0 bridgehead atoms. The van der Waals surface area contributed by atoms with E-state index in [0.717, 1.165) is 5.56 Å². The van der Waals surface area contributed by atoms with Crippen LogP contribution in [0.5, 0.6) is 0 Å². The van der Waals surface area contributed by atoms with Crippen LogP contribution in [0.25, 0.3) is 0 Å². The average molecular weight is 292 g/mol. The summed E-state index contributed by atoms with van der Waals surface area (Å²) in [6.07, 6.45) is 0.619. The smallest absolute Gasteiger partial charge is 0.269 e. The van der Waals surface area contributed by atoms with Gasteiger partial charge in [0.15, 0.2) is 0 Å². The van der Waals surface area contributed by atoms with Crippen molar-refractivity contribution < 1.29 is 13.7 Å². The highest BCUT2D eigenvalue weighted by molar-refractivity contribution is 5.33. The normalized spacial score (nSPS) is 10.6. The number of non-ortho nitro benzene ring substituents is 1. The van der Waals surface area contributed by atoms with Crippen LogP contribution in [-0.2, 0) is 13.0 Å². The molecule has 0 aliphatic heterocycles. The molecule has 2 aromatic carbocycles. The van der Waals surface area contributed by atoms with Crippen LogP contribution in [0.4, 0.5) is 14.5 Å². The summed E-state index contributed by atoms with van der Waals surface area (Å²) >= 11 is 0. The molecular weight excluding hydrogens is 278 g/mol. The molecule has 2 rings (SSSR count). The lowest BCUT2D eigenvalue weighted by atomic mass is 10.1. The minimum absolute atomic E-state index is 0.0150. The van der Waals surface area contributed by atoms with Crippen molar-refractivity contribution in [1.82, 2.24) is 5.32 Å². The largest absolute Gasteiger partial charge is 0.312 e. The summed E-state index contributed by atoms with van der Waals surface area (Å²) in [6.45, 7) is 0.622. The van der Waals surface area contributed by atoms with E-state index in [9.17, 15) is 18.9 Å². The molecule has 21 heavy (non-hydrogen) atoms. The fourth-order valence-electron chi connectivity index (χ4n) is 1.93. The highest BCUT2D eigenvalue weighted by atomic mass is 19.1. The maximum atomic E-state index is 13.4. The van der Waals surface area contributed by atoms with Gasteiger partial charge in [-0.25, -0.2) is 8.78 Å².